The molecular formula is C10H10ClNO2. The predicted molar refractivity (Wildman–Crippen MR) is 53.4 cm³/mol. The molecule has 0 atom stereocenters. The Balaban J connectivity index is 2.22. The smallest absolute Gasteiger partial charge is 0.133 e. The molecule has 0 unspecified atom stereocenters. The molecule has 1 aromatic rings. The van der Waals surface area contributed by atoms with E-state index in [0.29, 0.717) is 24.0 Å². The summed E-state index contributed by atoms with van der Waals surface area (Å²) in [5, 5.41) is 8.83. The van der Waals surface area contributed by atoms with E-state index in [4.69, 9.17) is 26.3 Å². The van der Waals surface area contributed by atoms with Gasteiger partial charge in [0.15, 0.2) is 0 Å². The summed E-state index contributed by atoms with van der Waals surface area (Å²) in [5.74, 6) is 0.707. The lowest BCUT2D eigenvalue weighted by molar-refractivity contribution is 0.123. The van der Waals surface area contributed by atoms with E-state index in [1.807, 2.05) is 18.2 Å². The molecule has 14 heavy (non-hydrogen) atoms. The van der Waals surface area contributed by atoms with Crippen molar-refractivity contribution < 1.29 is 9.47 Å². The van der Waals surface area contributed by atoms with Gasteiger partial charge in [-0.1, -0.05) is 17.7 Å². The molecule has 0 aromatic heterocycles. The first-order valence-corrected chi connectivity index (χ1v) is 4.54. The standard InChI is InChI=1S/C10H10ClNO2/c11-9-2-1-3-10(8-9)14-7-6-13-5-4-12/h1-3,8H,5-7H2. The number of ether oxygens (including phenoxy) is 2. The van der Waals surface area contributed by atoms with Gasteiger partial charge in [-0.05, 0) is 18.2 Å². The Morgan fingerprint density at radius 2 is 2.21 bits per heavy atom. The average molecular weight is 212 g/mol. The third kappa shape index (κ3) is 4.13. The molecule has 74 valence electrons. The molecule has 0 bridgehead atoms. The molecule has 4 heteroatoms. The Bertz CT molecular complexity index is 322. The van der Waals surface area contributed by atoms with Crippen LogP contribution >= 0.6 is 11.6 Å². The summed E-state index contributed by atoms with van der Waals surface area (Å²) >= 11 is 5.75. The van der Waals surface area contributed by atoms with Crippen molar-refractivity contribution in [1.82, 2.24) is 0 Å². The third-order valence-electron chi connectivity index (χ3n) is 1.46. The number of nitrogens with zero attached hydrogens (tertiary/aromatic N) is 1. The molecule has 0 amide bonds. The molecule has 0 aliphatic heterocycles. The Labute approximate surface area is 87.8 Å². The van der Waals surface area contributed by atoms with Crippen LogP contribution in [0.2, 0.25) is 5.02 Å². The maximum absolute atomic E-state index is 8.19. The fraction of sp³-hybridized carbons (Fsp3) is 0.300. The van der Waals surface area contributed by atoms with E-state index in [9.17, 15) is 0 Å². The summed E-state index contributed by atoms with van der Waals surface area (Å²) in [4.78, 5) is 0. The van der Waals surface area contributed by atoms with Crippen LogP contribution in [0.4, 0.5) is 0 Å². The second-order valence-electron chi connectivity index (χ2n) is 2.52. The van der Waals surface area contributed by atoms with Crippen LogP contribution in [0.5, 0.6) is 5.75 Å². The van der Waals surface area contributed by atoms with Crippen LogP contribution in [0.3, 0.4) is 0 Å². The van der Waals surface area contributed by atoms with Crippen LogP contribution in [0, 0.1) is 11.3 Å². The Hall–Kier alpha value is -1.24. The Morgan fingerprint density at radius 1 is 1.36 bits per heavy atom. The summed E-state index contributed by atoms with van der Waals surface area (Å²) < 4.78 is 10.2. The zero-order valence-corrected chi connectivity index (χ0v) is 8.33. The number of halogens is 1. The molecule has 0 saturated carbocycles. The molecule has 0 N–H and O–H groups in total. The molecule has 0 spiro atoms. The van der Waals surface area contributed by atoms with Gasteiger partial charge in [0.2, 0.25) is 0 Å². The lowest BCUT2D eigenvalue weighted by atomic mass is 10.3. The Morgan fingerprint density at radius 3 is 2.93 bits per heavy atom. The first kappa shape index (κ1) is 10.8. The summed E-state index contributed by atoms with van der Waals surface area (Å²) in [6.45, 7) is 0.918. The highest BCUT2D eigenvalue weighted by molar-refractivity contribution is 6.30. The number of hydrogen-bond donors (Lipinski definition) is 0. The molecule has 0 aliphatic carbocycles. The van der Waals surface area contributed by atoms with Gasteiger partial charge in [-0.2, -0.15) is 5.26 Å². The van der Waals surface area contributed by atoms with Crippen molar-refractivity contribution in [3.05, 3.63) is 29.3 Å². The van der Waals surface area contributed by atoms with Crippen molar-refractivity contribution in [3.8, 4) is 11.8 Å². The van der Waals surface area contributed by atoms with Gasteiger partial charge in [-0.25, -0.2) is 0 Å². The molecule has 3 nitrogen and oxygen atoms in total. The lowest BCUT2D eigenvalue weighted by Gasteiger charge is -2.05. The van der Waals surface area contributed by atoms with Gasteiger partial charge in [-0.3, -0.25) is 0 Å². The van der Waals surface area contributed by atoms with Gasteiger partial charge < -0.3 is 9.47 Å². The normalized spacial score (nSPS) is 9.43. The minimum atomic E-state index is 0.0961. The Kier molecular flexibility index (Phi) is 4.84. The van der Waals surface area contributed by atoms with E-state index in [0.717, 1.165) is 0 Å². The van der Waals surface area contributed by atoms with Crippen LogP contribution in [0.25, 0.3) is 0 Å². The number of benzene rings is 1. The second kappa shape index (κ2) is 6.25. The fourth-order valence-corrected chi connectivity index (χ4v) is 1.07. The van der Waals surface area contributed by atoms with Gasteiger partial charge >= 0.3 is 0 Å². The molecular weight excluding hydrogens is 202 g/mol. The van der Waals surface area contributed by atoms with Crippen LogP contribution in [0.15, 0.2) is 24.3 Å². The van der Waals surface area contributed by atoms with Gasteiger partial charge in [0.1, 0.15) is 19.0 Å². The number of hydrogen-bond acceptors (Lipinski definition) is 3. The van der Waals surface area contributed by atoms with E-state index in [-0.39, 0.29) is 6.61 Å². The molecule has 0 aliphatic rings. The average Bonchev–Trinajstić information content (AvgIpc) is 2.18. The first-order valence-electron chi connectivity index (χ1n) is 4.16. The van der Waals surface area contributed by atoms with Gasteiger partial charge in [0, 0.05) is 5.02 Å². The van der Waals surface area contributed by atoms with Crippen molar-refractivity contribution >= 4 is 11.6 Å². The molecule has 0 heterocycles. The van der Waals surface area contributed by atoms with Crippen LogP contribution in [0.1, 0.15) is 0 Å². The second-order valence-corrected chi connectivity index (χ2v) is 2.95. The van der Waals surface area contributed by atoms with Gasteiger partial charge in [-0.15, -0.1) is 0 Å². The molecule has 1 aromatic carbocycles. The zero-order valence-electron chi connectivity index (χ0n) is 7.57. The zero-order chi connectivity index (χ0) is 10.2. The number of nitriles is 1. The van der Waals surface area contributed by atoms with Crippen molar-refractivity contribution in [1.29, 1.82) is 5.26 Å². The van der Waals surface area contributed by atoms with Crippen molar-refractivity contribution in [3.63, 3.8) is 0 Å². The minimum absolute atomic E-state index is 0.0961. The monoisotopic (exact) mass is 211 g/mol. The molecule has 0 radical (unpaired) electrons. The van der Waals surface area contributed by atoms with Crippen LogP contribution in [-0.2, 0) is 4.74 Å². The van der Waals surface area contributed by atoms with E-state index in [1.165, 1.54) is 0 Å². The van der Waals surface area contributed by atoms with Crippen molar-refractivity contribution in [2.75, 3.05) is 19.8 Å². The van der Waals surface area contributed by atoms with Gasteiger partial charge in [0.05, 0.1) is 12.7 Å². The van der Waals surface area contributed by atoms with Crippen LogP contribution in [-0.4, -0.2) is 19.8 Å². The number of rotatable bonds is 5. The molecule has 0 saturated heterocycles. The topological polar surface area (TPSA) is 42.2 Å². The fourth-order valence-electron chi connectivity index (χ4n) is 0.893. The third-order valence-corrected chi connectivity index (χ3v) is 1.69. The van der Waals surface area contributed by atoms with Gasteiger partial charge in [0.25, 0.3) is 0 Å². The molecule has 1 rings (SSSR count). The first-order chi connectivity index (χ1) is 6.83. The summed E-state index contributed by atoms with van der Waals surface area (Å²) in [7, 11) is 0. The quantitative estimate of drug-likeness (QED) is 0.702. The summed E-state index contributed by atoms with van der Waals surface area (Å²) in [6.07, 6.45) is 0. The maximum Gasteiger partial charge on any atom is 0.133 e. The SMILES string of the molecule is N#CCOCCOc1cccc(Cl)c1. The highest BCUT2D eigenvalue weighted by atomic mass is 35.5. The largest absolute Gasteiger partial charge is 0.491 e. The van der Waals surface area contributed by atoms with Crippen molar-refractivity contribution in [2.24, 2.45) is 0 Å². The lowest BCUT2D eigenvalue weighted by Crippen LogP contribution is -2.06. The predicted octanol–water partition coefficient (Wildman–Crippen LogP) is 2.26. The minimum Gasteiger partial charge on any atom is -0.491 e. The van der Waals surface area contributed by atoms with E-state index in [2.05, 4.69) is 0 Å². The highest BCUT2D eigenvalue weighted by Gasteiger charge is 1.94. The maximum atomic E-state index is 8.19. The van der Waals surface area contributed by atoms with Crippen LogP contribution < -0.4 is 4.74 Å². The van der Waals surface area contributed by atoms with E-state index < -0.39 is 0 Å². The summed E-state index contributed by atoms with van der Waals surface area (Å²) in [5.41, 5.74) is 0. The van der Waals surface area contributed by atoms with Crippen molar-refractivity contribution in [2.45, 2.75) is 0 Å². The van der Waals surface area contributed by atoms with E-state index >= 15 is 0 Å². The molecule has 0 fully saturated rings. The van der Waals surface area contributed by atoms with E-state index in [1.54, 1.807) is 12.1 Å². The summed E-state index contributed by atoms with van der Waals surface area (Å²) in [6, 6.07) is 9.01. The highest BCUT2D eigenvalue weighted by Crippen LogP contribution is 2.16.